The van der Waals surface area contributed by atoms with Crippen molar-refractivity contribution in [2.24, 2.45) is 5.92 Å². The molecule has 1 heterocycles. The summed E-state index contributed by atoms with van der Waals surface area (Å²) in [4.78, 5) is 14.1. The smallest absolute Gasteiger partial charge is 0.233 e. The minimum atomic E-state index is 0.0425. The molecule has 0 aliphatic carbocycles. The van der Waals surface area contributed by atoms with Gasteiger partial charge in [-0.05, 0) is 24.5 Å². The molecule has 1 fully saturated rings. The van der Waals surface area contributed by atoms with Gasteiger partial charge in [-0.25, -0.2) is 0 Å². The number of methoxy groups -OCH3 is 2. The van der Waals surface area contributed by atoms with E-state index in [9.17, 15) is 4.79 Å². The largest absolute Gasteiger partial charge is 0.497 e. The van der Waals surface area contributed by atoms with E-state index in [2.05, 4.69) is 27.7 Å². The van der Waals surface area contributed by atoms with Gasteiger partial charge in [-0.1, -0.05) is 6.07 Å². The molecule has 0 aromatic heterocycles. The van der Waals surface area contributed by atoms with Gasteiger partial charge in [0.25, 0.3) is 0 Å². The summed E-state index contributed by atoms with van der Waals surface area (Å²) in [6.07, 6.45) is 1.09. The summed E-state index contributed by atoms with van der Waals surface area (Å²) in [7, 11) is 3.33. The van der Waals surface area contributed by atoms with Crippen molar-refractivity contribution >= 4 is 11.6 Å². The molecular weight excluding hydrogens is 294 g/mol. The zero-order valence-electron chi connectivity index (χ0n) is 14.0. The Morgan fingerprint density at radius 2 is 2.26 bits per heavy atom. The molecule has 1 aliphatic rings. The van der Waals surface area contributed by atoms with E-state index in [0.29, 0.717) is 25.6 Å². The molecule has 23 heavy (non-hydrogen) atoms. The summed E-state index contributed by atoms with van der Waals surface area (Å²) in [5, 5.41) is 6.05. The molecule has 128 valence electrons. The number of hydrogen-bond acceptors (Lipinski definition) is 5. The fraction of sp³-hybridized carbons (Fsp3) is 0.588. The molecule has 1 unspecified atom stereocenters. The van der Waals surface area contributed by atoms with Crippen molar-refractivity contribution in [1.29, 1.82) is 0 Å². The Labute approximate surface area is 138 Å². The molecule has 0 saturated carbocycles. The number of amides is 1. The quantitative estimate of drug-likeness (QED) is 0.661. The van der Waals surface area contributed by atoms with Gasteiger partial charge in [0.15, 0.2) is 0 Å². The normalized spacial score (nSPS) is 17.3. The predicted octanol–water partition coefficient (Wildman–Crippen LogP) is 0.874. The summed E-state index contributed by atoms with van der Waals surface area (Å²) in [6, 6.07) is 8.12. The van der Waals surface area contributed by atoms with Crippen molar-refractivity contribution in [3.63, 3.8) is 0 Å². The molecule has 1 amide bonds. The third-order valence-electron chi connectivity index (χ3n) is 4.06. The van der Waals surface area contributed by atoms with Gasteiger partial charge in [-0.3, -0.25) is 4.79 Å². The van der Waals surface area contributed by atoms with Gasteiger partial charge in [0, 0.05) is 45.0 Å². The Morgan fingerprint density at radius 3 is 3.04 bits per heavy atom. The van der Waals surface area contributed by atoms with Crippen LogP contribution in [-0.2, 0) is 9.53 Å². The molecule has 0 radical (unpaired) electrons. The minimum Gasteiger partial charge on any atom is -0.497 e. The van der Waals surface area contributed by atoms with Crippen LogP contribution in [0.5, 0.6) is 5.75 Å². The summed E-state index contributed by atoms with van der Waals surface area (Å²) < 4.78 is 10.2. The maximum atomic E-state index is 11.8. The van der Waals surface area contributed by atoms with Crippen LogP contribution >= 0.6 is 0 Å². The van der Waals surface area contributed by atoms with Crippen molar-refractivity contribution in [3.05, 3.63) is 24.3 Å². The van der Waals surface area contributed by atoms with Crippen molar-refractivity contribution in [3.8, 4) is 5.75 Å². The second-order valence-corrected chi connectivity index (χ2v) is 5.78. The Kier molecular flexibility index (Phi) is 7.16. The molecule has 6 nitrogen and oxygen atoms in total. The maximum absolute atomic E-state index is 11.8. The van der Waals surface area contributed by atoms with Gasteiger partial charge >= 0.3 is 0 Å². The molecule has 1 aliphatic heterocycles. The first-order valence-corrected chi connectivity index (χ1v) is 8.08. The molecule has 1 aromatic carbocycles. The van der Waals surface area contributed by atoms with E-state index in [1.54, 1.807) is 14.2 Å². The van der Waals surface area contributed by atoms with Crippen LogP contribution in [0.25, 0.3) is 0 Å². The SMILES string of the molecule is COCCNCC(=O)NCC1CCN(c2cccc(OC)c2)C1. The Hall–Kier alpha value is -1.79. The van der Waals surface area contributed by atoms with Crippen LogP contribution in [0.1, 0.15) is 6.42 Å². The molecule has 1 atom stereocenters. The molecule has 6 heteroatoms. The van der Waals surface area contributed by atoms with E-state index in [1.165, 1.54) is 5.69 Å². The molecule has 0 spiro atoms. The van der Waals surface area contributed by atoms with Gasteiger partial charge in [-0.2, -0.15) is 0 Å². The molecule has 2 N–H and O–H groups in total. The highest BCUT2D eigenvalue weighted by Gasteiger charge is 2.23. The number of rotatable bonds is 9. The van der Waals surface area contributed by atoms with Crippen LogP contribution in [0.15, 0.2) is 24.3 Å². The topological polar surface area (TPSA) is 62.8 Å². The number of hydrogen-bond donors (Lipinski definition) is 2. The molecular formula is C17H27N3O3. The number of carbonyl (C=O) groups is 1. The lowest BCUT2D eigenvalue weighted by molar-refractivity contribution is -0.120. The number of anilines is 1. The summed E-state index contributed by atoms with van der Waals surface area (Å²) >= 11 is 0. The second kappa shape index (κ2) is 9.37. The molecule has 0 bridgehead atoms. The average molecular weight is 321 g/mol. The van der Waals surface area contributed by atoms with Crippen molar-refractivity contribution < 1.29 is 14.3 Å². The van der Waals surface area contributed by atoms with E-state index >= 15 is 0 Å². The van der Waals surface area contributed by atoms with Gasteiger partial charge in [0.1, 0.15) is 5.75 Å². The van der Waals surface area contributed by atoms with Crippen molar-refractivity contribution in [2.45, 2.75) is 6.42 Å². The van der Waals surface area contributed by atoms with Crippen LogP contribution in [-0.4, -0.2) is 59.5 Å². The first-order chi connectivity index (χ1) is 11.2. The zero-order chi connectivity index (χ0) is 16.5. The monoisotopic (exact) mass is 321 g/mol. The first-order valence-electron chi connectivity index (χ1n) is 8.08. The third-order valence-corrected chi connectivity index (χ3v) is 4.06. The van der Waals surface area contributed by atoms with Gasteiger partial charge in [0.2, 0.25) is 5.91 Å². The Balaban J connectivity index is 1.70. The van der Waals surface area contributed by atoms with Crippen LogP contribution < -0.4 is 20.3 Å². The third kappa shape index (κ3) is 5.73. The van der Waals surface area contributed by atoms with Crippen molar-refractivity contribution in [2.75, 3.05) is 58.5 Å². The number of carbonyl (C=O) groups excluding carboxylic acids is 1. The number of benzene rings is 1. The summed E-state index contributed by atoms with van der Waals surface area (Å²) in [6.45, 7) is 4.35. The summed E-state index contributed by atoms with van der Waals surface area (Å²) in [5.74, 6) is 1.41. The fourth-order valence-corrected chi connectivity index (χ4v) is 2.74. The lowest BCUT2D eigenvalue weighted by Gasteiger charge is -2.19. The van der Waals surface area contributed by atoms with Crippen LogP contribution in [0.4, 0.5) is 5.69 Å². The standard InChI is InChI=1S/C17H27N3O3/c1-22-9-7-18-12-17(21)19-11-14-6-8-20(13-14)15-4-3-5-16(10-15)23-2/h3-5,10,14,18H,6-9,11-13H2,1-2H3,(H,19,21). The van der Waals surface area contributed by atoms with E-state index in [-0.39, 0.29) is 5.91 Å². The molecule has 1 aromatic rings. The number of nitrogens with one attached hydrogen (secondary N) is 2. The van der Waals surface area contributed by atoms with E-state index in [4.69, 9.17) is 9.47 Å². The average Bonchev–Trinajstić information content (AvgIpc) is 3.06. The predicted molar refractivity (Wildman–Crippen MR) is 91.1 cm³/mol. The number of nitrogens with zero attached hydrogens (tertiary/aromatic N) is 1. The summed E-state index contributed by atoms with van der Waals surface area (Å²) in [5.41, 5.74) is 1.18. The number of ether oxygens (including phenoxy) is 2. The lowest BCUT2D eigenvalue weighted by Crippen LogP contribution is -2.38. The highest BCUT2D eigenvalue weighted by Crippen LogP contribution is 2.26. The molecule has 1 saturated heterocycles. The lowest BCUT2D eigenvalue weighted by atomic mass is 10.1. The second-order valence-electron chi connectivity index (χ2n) is 5.78. The zero-order valence-corrected chi connectivity index (χ0v) is 14.0. The van der Waals surface area contributed by atoms with E-state index in [0.717, 1.165) is 31.8 Å². The van der Waals surface area contributed by atoms with Gasteiger partial charge < -0.3 is 25.0 Å². The highest BCUT2D eigenvalue weighted by atomic mass is 16.5. The fourth-order valence-electron chi connectivity index (χ4n) is 2.74. The van der Waals surface area contributed by atoms with Crippen molar-refractivity contribution in [1.82, 2.24) is 10.6 Å². The first kappa shape index (κ1) is 17.6. The van der Waals surface area contributed by atoms with Crippen LogP contribution in [0.2, 0.25) is 0 Å². The Morgan fingerprint density at radius 1 is 1.39 bits per heavy atom. The van der Waals surface area contributed by atoms with E-state index < -0.39 is 0 Å². The van der Waals surface area contributed by atoms with Crippen LogP contribution in [0, 0.1) is 5.92 Å². The van der Waals surface area contributed by atoms with Crippen LogP contribution in [0.3, 0.4) is 0 Å². The Bertz CT molecular complexity index is 496. The minimum absolute atomic E-state index is 0.0425. The van der Waals surface area contributed by atoms with Gasteiger partial charge in [0.05, 0.1) is 20.3 Å². The van der Waals surface area contributed by atoms with E-state index in [1.807, 2.05) is 12.1 Å². The maximum Gasteiger partial charge on any atom is 0.233 e. The van der Waals surface area contributed by atoms with Gasteiger partial charge in [-0.15, -0.1) is 0 Å². The molecule has 2 rings (SSSR count). The highest BCUT2D eigenvalue weighted by molar-refractivity contribution is 5.77.